The van der Waals surface area contributed by atoms with Crippen LogP contribution in [0.3, 0.4) is 0 Å². The molecular weight excluding hydrogens is 242 g/mol. The summed E-state index contributed by atoms with van der Waals surface area (Å²) in [5.74, 6) is 0.337. The molecule has 0 fully saturated rings. The van der Waals surface area contributed by atoms with Gasteiger partial charge in [0.25, 0.3) is 5.91 Å². The molecule has 94 valence electrons. The number of hydrogen-bond donors (Lipinski definition) is 1. The second kappa shape index (κ2) is 5.89. The zero-order valence-corrected chi connectivity index (χ0v) is 10.9. The monoisotopic (exact) mass is 257 g/mol. The number of nitrogens with zero attached hydrogens (tertiary/aromatic N) is 1. The van der Waals surface area contributed by atoms with Crippen molar-refractivity contribution in [3.63, 3.8) is 0 Å². The normalized spacial score (nSPS) is 12.1. The summed E-state index contributed by atoms with van der Waals surface area (Å²) in [5, 5.41) is 9.69. The lowest BCUT2D eigenvalue weighted by Gasteiger charge is -2.19. The first-order valence-electron chi connectivity index (χ1n) is 5.22. The first-order chi connectivity index (χ1) is 7.95. The Morgan fingerprint density at radius 1 is 1.53 bits per heavy atom. The Hall–Kier alpha value is -1.26. The summed E-state index contributed by atoms with van der Waals surface area (Å²) >= 11 is 5.80. The van der Waals surface area contributed by atoms with Crippen molar-refractivity contribution in [2.45, 2.75) is 19.6 Å². The van der Waals surface area contributed by atoms with E-state index in [4.69, 9.17) is 21.4 Å². The van der Waals surface area contributed by atoms with E-state index in [2.05, 4.69) is 0 Å². The summed E-state index contributed by atoms with van der Waals surface area (Å²) in [6.45, 7) is 1.48. The zero-order valence-electron chi connectivity index (χ0n) is 10.1. The lowest BCUT2D eigenvalue weighted by molar-refractivity contribution is -0.135. The zero-order chi connectivity index (χ0) is 13.0. The lowest BCUT2D eigenvalue weighted by atomic mass is 10.2. The van der Waals surface area contributed by atoms with Crippen LogP contribution in [-0.2, 0) is 11.4 Å². The molecule has 0 saturated heterocycles. The van der Waals surface area contributed by atoms with E-state index in [1.165, 1.54) is 4.90 Å². The van der Waals surface area contributed by atoms with Crippen molar-refractivity contribution in [1.29, 1.82) is 0 Å². The molecule has 0 heterocycles. The molecule has 1 aromatic carbocycles. The van der Waals surface area contributed by atoms with Crippen molar-refractivity contribution in [3.05, 3.63) is 28.8 Å². The Morgan fingerprint density at radius 3 is 2.71 bits per heavy atom. The Balaban J connectivity index is 2.84. The molecule has 0 saturated carbocycles. The molecule has 1 unspecified atom stereocenters. The van der Waals surface area contributed by atoms with Crippen LogP contribution in [0.2, 0.25) is 5.02 Å². The molecule has 0 aliphatic heterocycles. The fourth-order valence-electron chi connectivity index (χ4n) is 1.39. The summed E-state index contributed by atoms with van der Waals surface area (Å²) in [6, 6.07) is 4.92. The highest BCUT2D eigenvalue weighted by molar-refractivity contribution is 6.30. The van der Waals surface area contributed by atoms with Crippen molar-refractivity contribution in [2.75, 3.05) is 14.1 Å². The van der Waals surface area contributed by atoms with Crippen LogP contribution in [0.4, 0.5) is 0 Å². The highest BCUT2D eigenvalue weighted by Gasteiger charge is 2.17. The first kappa shape index (κ1) is 13.8. The van der Waals surface area contributed by atoms with E-state index < -0.39 is 6.10 Å². The Bertz CT molecular complexity index is 407. The standard InChI is InChI=1S/C12H16ClNO3/c1-8(12(16)14(2)3)17-11-5-4-10(13)6-9(11)7-15/h4-6,8,15H,7H2,1-3H3. The van der Waals surface area contributed by atoms with E-state index in [0.29, 0.717) is 16.3 Å². The molecular formula is C12H16ClNO3. The van der Waals surface area contributed by atoms with Crippen molar-refractivity contribution in [3.8, 4) is 5.75 Å². The number of halogens is 1. The van der Waals surface area contributed by atoms with Crippen LogP contribution in [0, 0.1) is 0 Å². The number of carbonyl (C=O) groups excluding carboxylic acids is 1. The van der Waals surface area contributed by atoms with Gasteiger partial charge in [0.1, 0.15) is 5.75 Å². The van der Waals surface area contributed by atoms with Gasteiger partial charge in [-0.3, -0.25) is 4.79 Å². The quantitative estimate of drug-likeness (QED) is 0.893. The number of rotatable bonds is 4. The summed E-state index contributed by atoms with van der Waals surface area (Å²) < 4.78 is 5.50. The maximum Gasteiger partial charge on any atom is 0.262 e. The van der Waals surface area contributed by atoms with Crippen LogP contribution in [0.15, 0.2) is 18.2 Å². The number of hydrogen-bond acceptors (Lipinski definition) is 3. The molecule has 4 nitrogen and oxygen atoms in total. The number of benzene rings is 1. The first-order valence-corrected chi connectivity index (χ1v) is 5.60. The second-order valence-electron chi connectivity index (χ2n) is 3.90. The molecule has 0 bridgehead atoms. The number of carbonyl (C=O) groups is 1. The van der Waals surface area contributed by atoms with Crippen LogP contribution >= 0.6 is 11.6 Å². The molecule has 0 aliphatic carbocycles. The Morgan fingerprint density at radius 2 is 2.18 bits per heavy atom. The van der Waals surface area contributed by atoms with Gasteiger partial charge in [0.15, 0.2) is 6.10 Å². The van der Waals surface area contributed by atoms with Crippen LogP contribution in [0.5, 0.6) is 5.75 Å². The summed E-state index contributed by atoms with van der Waals surface area (Å²) in [7, 11) is 3.33. The van der Waals surface area contributed by atoms with Gasteiger partial charge < -0.3 is 14.7 Å². The SMILES string of the molecule is CC(Oc1ccc(Cl)cc1CO)C(=O)N(C)C. The molecule has 1 amide bonds. The topological polar surface area (TPSA) is 49.8 Å². The third-order valence-corrected chi connectivity index (χ3v) is 2.52. The van der Waals surface area contributed by atoms with Crippen molar-refractivity contribution in [2.24, 2.45) is 0 Å². The summed E-state index contributed by atoms with van der Waals surface area (Å²) in [6.07, 6.45) is -0.600. The van der Waals surface area contributed by atoms with Gasteiger partial charge in [0.05, 0.1) is 6.61 Å². The fraction of sp³-hybridized carbons (Fsp3) is 0.417. The highest BCUT2D eigenvalue weighted by Crippen LogP contribution is 2.24. The van der Waals surface area contributed by atoms with E-state index in [1.807, 2.05) is 0 Å². The number of amides is 1. The van der Waals surface area contributed by atoms with Crippen LogP contribution in [-0.4, -0.2) is 36.1 Å². The smallest absolute Gasteiger partial charge is 0.262 e. The average Bonchev–Trinajstić information content (AvgIpc) is 2.30. The van der Waals surface area contributed by atoms with Gasteiger partial charge in [-0.15, -0.1) is 0 Å². The van der Waals surface area contributed by atoms with Gasteiger partial charge in [-0.25, -0.2) is 0 Å². The molecule has 1 aromatic rings. The van der Waals surface area contributed by atoms with Crippen molar-refractivity contribution in [1.82, 2.24) is 4.90 Å². The molecule has 1 atom stereocenters. The van der Waals surface area contributed by atoms with Crippen molar-refractivity contribution >= 4 is 17.5 Å². The molecule has 5 heteroatoms. The summed E-state index contributed by atoms with van der Waals surface area (Å²) in [4.78, 5) is 13.1. The fourth-order valence-corrected chi connectivity index (χ4v) is 1.59. The molecule has 0 aliphatic rings. The van der Waals surface area contributed by atoms with Crippen molar-refractivity contribution < 1.29 is 14.6 Å². The Labute approximate surface area is 106 Å². The number of likely N-dealkylation sites (N-methyl/N-ethyl adjacent to an activating group) is 1. The van der Waals surface area contributed by atoms with E-state index >= 15 is 0 Å². The van der Waals surface area contributed by atoms with Crippen LogP contribution < -0.4 is 4.74 Å². The lowest BCUT2D eigenvalue weighted by Crippen LogP contribution is -2.35. The van der Waals surface area contributed by atoms with Crippen LogP contribution in [0.1, 0.15) is 12.5 Å². The molecule has 1 rings (SSSR count). The van der Waals surface area contributed by atoms with E-state index in [9.17, 15) is 4.79 Å². The number of ether oxygens (including phenoxy) is 1. The van der Waals surface area contributed by atoms with Crippen LogP contribution in [0.25, 0.3) is 0 Å². The predicted molar refractivity (Wildman–Crippen MR) is 66.2 cm³/mol. The maximum atomic E-state index is 11.6. The highest BCUT2D eigenvalue weighted by atomic mass is 35.5. The molecule has 0 radical (unpaired) electrons. The van der Waals surface area contributed by atoms with Gasteiger partial charge in [0, 0.05) is 24.7 Å². The largest absolute Gasteiger partial charge is 0.481 e. The van der Waals surface area contributed by atoms with Gasteiger partial charge in [0.2, 0.25) is 0 Å². The molecule has 17 heavy (non-hydrogen) atoms. The third kappa shape index (κ3) is 3.61. The number of aliphatic hydroxyl groups excluding tert-OH is 1. The van der Waals surface area contributed by atoms with Gasteiger partial charge in [-0.05, 0) is 25.1 Å². The van der Waals surface area contributed by atoms with E-state index in [1.54, 1.807) is 39.2 Å². The van der Waals surface area contributed by atoms with Gasteiger partial charge >= 0.3 is 0 Å². The average molecular weight is 258 g/mol. The minimum absolute atomic E-state index is 0.135. The van der Waals surface area contributed by atoms with E-state index in [-0.39, 0.29) is 12.5 Å². The minimum Gasteiger partial charge on any atom is -0.481 e. The molecule has 1 N–H and O–H groups in total. The minimum atomic E-state index is -0.600. The predicted octanol–water partition coefficient (Wildman–Crippen LogP) is 1.69. The van der Waals surface area contributed by atoms with E-state index in [0.717, 1.165) is 0 Å². The summed E-state index contributed by atoms with van der Waals surface area (Å²) in [5.41, 5.74) is 0.566. The molecule has 0 aromatic heterocycles. The second-order valence-corrected chi connectivity index (χ2v) is 4.34. The maximum absolute atomic E-state index is 11.6. The van der Waals surface area contributed by atoms with Gasteiger partial charge in [-0.1, -0.05) is 11.6 Å². The molecule has 0 spiro atoms. The van der Waals surface area contributed by atoms with Gasteiger partial charge in [-0.2, -0.15) is 0 Å². The number of aliphatic hydroxyl groups is 1. The third-order valence-electron chi connectivity index (χ3n) is 2.29. The Kier molecular flexibility index (Phi) is 4.78.